The van der Waals surface area contributed by atoms with Crippen LogP contribution >= 0.6 is 11.8 Å². The van der Waals surface area contributed by atoms with Gasteiger partial charge in [-0.2, -0.15) is 0 Å². The number of aromatic nitrogens is 4. The highest BCUT2D eigenvalue weighted by Crippen LogP contribution is 2.39. The monoisotopic (exact) mass is 290 g/mol. The van der Waals surface area contributed by atoms with Crippen LogP contribution in [0.25, 0.3) is 0 Å². The van der Waals surface area contributed by atoms with Crippen LogP contribution in [0.3, 0.4) is 0 Å². The van der Waals surface area contributed by atoms with Crippen LogP contribution in [0.2, 0.25) is 0 Å². The molecule has 0 atom stereocenters. The van der Waals surface area contributed by atoms with Crippen molar-refractivity contribution in [3.63, 3.8) is 0 Å². The molecule has 0 spiro atoms. The van der Waals surface area contributed by atoms with Gasteiger partial charge in [-0.15, -0.1) is 5.10 Å². The molecule has 20 heavy (non-hydrogen) atoms. The van der Waals surface area contributed by atoms with Gasteiger partial charge < -0.3 is 11.1 Å². The maximum atomic E-state index is 11.5. The summed E-state index contributed by atoms with van der Waals surface area (Å²) < 4.78 is 1.83. The summed E-state index contributed by atoms with van der Waals surface area (Å²) in [5.41, 5.74) is 7.07. The molecule has 1 saturated carbocycles. The minimum atomic E-state index is -0.156. The number of rotatable bonds is 4. The number of carbonyl (C=O) groups excluding carboxylic acids is 1. The first-order chi connectivity index (χ1) is 9.69. The van der Waals surface area contributed by atoms with Gasteiger partial charge in [-0.1, -0.05) is 0 Å². The number of hydrogen-bond acceptors (Lipinski definition) is 6. The van der Waals surface area contributed by atoms with Crippen LogP contribution in [0.4, 0.5) is 5.69 Å². The van der Waals surface area contributed by atoms with Gasteiger partial charge in [-0.05, 0) is 53.2 Å². The number of amides is 1. The van der Waals surface area contributed by atoms with E-state index in [4.69, 9.17) is 5.73 Å². The van der Waals surface area contributed by atoms with E-state index in [0.717, 1.165) is 22.9 Å². The average molecular weight is 290 g/mol. The molecular weight excluding hydrogens is 276 g/mol. The second kappa shape index (κ2) is 5.12. The first-order valence-corrected chi connectivity index (χ1v) is 7.08. The highest BCUT2D eigenvalue weighted by Gasteiger charge is 2.28. The Hall–Kier alpha value is -2.09. The van der Waals surface area contributed by atoms with Crippen molar-refractivity contribution in [2.45, 2.75) is 28.9 Å². The highest BCUT2D eigenvalue weighted by molar-refractivity contribution is 7.99. The maximum absolute atomic E-state index is 11.5. The molecule has 104 valence electrons. The van der Waals surface area contributed by atoms with Gasteiger partial charge >= 0.3 is 0 Å². The molecular formula is C12H14N6OS. The topological polar surface area (TPSA) is 98.7 Å². The van der Waals surface area contributed by atoms with Crippen molar-refractivity contribution in [3.8, 4) is 0 Å². The minimum absolute atomic E-state index is 0.156. The Kier molecular flexibility index (Phi) is 3.31. The number of nitrogens with two attached hydrogens (primary N) is 1. The van der Waals surface area contributed by atoms with Crippen LogP contribution in [0, 0.1) is 0 Å². The van der Waals surface area contributed by atoms with Gasteiger partial charge in [-0.3, -0.25) is 4.79 Å². The number of tetrazole rings is 1. The molecule has 0 aliphatic heterocycles. The third-order valence-electron chi connectivity index (χ3n) is 3.06. The lowest BCUT2D eigenvalue weighted by atomic mass is 10.2. The molecule has 8 heteroatoms. The van der Waals surface area contributed by atoms with E-state index in [0.29, 0.717) is 17.3 Å². The fourth-order valence-corrected chi connectivity index (χ4v) is 2.69. The van der Waals surface area contributed by atoms with Gasteiger partial charge in [-0.25, -0.2) is 4.68 Å². The van der Waals surface area contributed by atoms with Crippen LogP contribution in [0.1, 0.15) is 29.2 Å². The van der Waals surface area contributed by atoms with E-state index < -0.39 is 0 Å². The highest BCUT2D eigenvalue weighted by atomic mass is 32.2. The van der Waals surface area contributed by atoms with Gasteiger partial charge in [0.25, 0.3) is 5.91 Å². The maximum Gasteiger partial charge on any atom is 0.251 e. The van der Waals surface area contributed by atoms with E-state index in [1.54, 1.807) is 19.2 Å². The Morgan fingerprint density at radius 1 is 1.50 bits per heavy atom. The Morgan fingerprint density at radius 3 is 2.95 bits per heavy atom. The van der Waals surface area contributed by atoms with E-state index >= 15 is 0 Å². The molecule has 1 aromatic heterocycles. The number of nitrogens with one attached hydrogen (secondary N) is 1. The summed E-state index contributed by atoms with van der Waals surface area (Å²) in [6, 6.07) is 5.63. The van der Waals surface area contributed by atoms with Crippen molar-refractivity contribution in [2.75, 3.05) is 12.8 Å². The quantitative estimate of drug-likeness (QED) is 0.818. The van der Waals surface area contributed by atoms with E-state index in [1.165, 1.54) is 11.8 Å². The normalized spacial score (nSPS) is 14.2. The summed E-state index contributed by atoms with van der Waals surface area (Å²) in [5, 5.41) is 15.0. The van der Waals surface area contributed by atoms with Crippen LogP contribution < -0.4 is 11.1 Å². The molecule has 1 heterocycles. The van der Waals surface area contributed by atoms with Gasteiger partial charge in [0.05, 0.1) is 6.04 Å². The zero-order chi connectivity index (χ0) is 14.1. The number of carbonyl (C=O) groups is 1. The Morgan fingerprint density at radius 2 is 2.30 bits per heavy atom. The smallest absolute Gasteiger partial charge is 0.251 e. The van der Waals surface area contributed by atoms with Crippen LogP contribution in [-0.2, 0) is 0 Å². The largest absolute Gasteiger partial charge is 0.398 e. The zero-order valence-corrected chi connectivity index (χ0v) is 11.7. The second-order valence-corrected chi connectivity index (χ2v) is 5.58. The van der Waals surface area contributed by atoms with Crippen LogP contribution in [0.5, 0.6) is 0 Å². The third-order valence-corrected chi connectivity index (χ3v) is 4.10. The number of benzene rings is 1. The van der Waals surface area contributed by atoms with Crippen molar-refractivity contribution in [3.05, 3.63) is 23.8 Å². The molecule has 3 N–H and O–H groups in total. The predicted octanol–water partition coefficient (Wildman–Crippen LogP) is 1.10. The minimum Gasteiger partial charge on any atom is -0.398 e. The third kappa shape index (κ3) is 2.46. The molecule has 1 aromatic carbocycles. The summed E-state index contributed by atoms with van der Waals surface area (Å²) in [6.07, 6.45) is 2.23. The standard InChI is InChI=1S/C12H14N6OS/c1-14-11(19)7-2-5-10(9(13)6-7)20-12-15-16-17-18(12)8-3-4-8/h2,5-6,8H,3-4,13H2,1H3,(H,14,19). The fourth-order valence-electron chi connectivity index (χ4n) is 1.83. The molecule has 7 nitrogen and oxygen atoms in total. The Bertz CT molecular complexity index is 651. The molecule has 0 radical (unpaired) electrons. The number of nitrogen functional groups attached to an aromatic ring is 1. The van der Waals surface area contributed by atoms with Gasteiger partial charge in [0, 0.05) is 23.2 Å². The van der Waals surface area contributed by atoms with Crippen molar-refractivity contribution < 1.29 is 4.79 Å². The van der Waals surface area contributed by atoms with Gasteiger partial charge in [0.1, 0.15) is 0 Å². The molecule has 1 fully saturated rings. The molecule has 0 bridgehead atoms. The summed E-state index contributed by atoms with van der Waals surface area (Å²) >= 11 is 1.41. The molecule has 1 aliphatic carbocycles. The number of nitrogens with zero attached hydrogens (tertiary/aromatic N) is 4. The van der Waals surface area contributed by atoms with Crippen molar-refractivity contribution in [2.24, 2.45) is 0 Å². The van der Waals surface area contributed by atoms with Gasteiger partial charge in [0.15, 0.2) is 0 Å². The van der Waals surface area contributed by atoms with Crippen LogP contribution in [0.15, 0.2) is 28.3 Å². The van der Waals surface area contributed by atoms with E-state index in [1.807, 2.05) is 10.7 Å². The summed E-state index contributed by atoms with van der Waals surface area (Å²) in [6.45, 7) is 0. The molecule has 1 aliphatic rings. The zero-order valence-electron chi connectivity index (χ0n) is 10.9. The van der Waals surface area contributed by atoms with Crippen molar-refractivity contribution in [1.82, 2.24) is 25.5 Å². The molecule has 3 rings (SSSR count). The molecule has 1 amide bonds. The van der Waals surface area contributed by atoms with Gasteiger partial charge in [0.2, 0.25) is 5.16 Å². The first-order valence-electron chi connectivity index (χ1n) is 6.26. The number of anilines is 1. The summed E-state index contributed by atoms with van der Waals surface area (Å²) in [4.78, 5) is 12.4. The van der Waals surface area contributed by atoms with Crippen LogP contribution in [-0.4, -0.2) is 33.2 Å². The Labute approximate surface area is 119 Å². The lowest BCUT2D eigenvalue weighted by Crippen LogP contribution is -2.17. The van der Waals surface area contributed by atoms with E-state index in [-0.39, 0.29) is 5.91 Å². The fraction of sp³-hybridized carbons (Fsp3) is 0.333. The van der Waals surface area contributed by atoms with Crippen molar-refractivity contribution in [1.29, 1.82) is 0 Å². The molecule has 0 unspecified atom stereocenters. The lowest BCUT2D eigenvalue weighted by Gasteiger charge is -2.07. The first kappa shape index (κ1) is 12.9. The lowest BCUT2D eigenvalue weighted by molar-refractivity contribution is 0.0963. The number of hydrogen-bond donors (Lipinski definition) is 2. The van der Waals surface area contributed by atoms with E-state index in [9.17, 15) is 4.79 Å². The predicted molar refractivity (Wildman–Crippen MR) is 74.5 cm³/mol. The molecule has 0 saturated heterocycles. The molecule has 2 aromatic rings. The summed E-state index contributed by atoms with van der Waals surface area (Å²) in [7, 11) is 1.59. The Balaban J connectivity index is 1.83. The van der Waals surface area contributed by atoms with E-state index in [2.05, 4.69) is 20.8 Å². The summed E-state index contributed by atoms with van der Waals surface area (Å²) in [5.74, 6) is -0.156. The van der Waals surface area contributed by atoms with Crippen molar-refractivity contribution >= 4 is 23.4 Å². The SMILES string of the molecule is CNC(=O)c1ccc(Sc2nnnn2C2CC2)c(N)c1. The second-order valence-electron chi connectivity index (χ2n) is 4.57. The average Bonchev–Trinajstić information content (AvgIpc) is 3.20.